The van der Waals surface area contributed by atoms with Gasteiger partial charge in [0, 0.05) is 23.8 Å². The highest BCUT2D eigenvalue weighted by Crippen LogP contribution is 2.59. The minimum atomic E-state index is -0.508. The van der Waals surface area contributed by atoms with E-state index >= 15 is 0 Å². The van der Waals surface area contributed by atoms with E-state index in [9.17, 15) is 4.79 Å². The van der Waals surface area contributed by atoms with Crippen molar-refractivity contribution in [2.75, 3.05) is 13.4 Å². The Morgan fingerprint density at radius 2 is 2.04 bits per heavy atom. The number of carbonyl (C=O) groups excluding carboxylic acids is 1. The van der Waals surface area contributed by atoms with Gasteiger partial charge in [-0.3, -0.25) is 9.79 Å². The summed E-state index contributed by atoms with van der Waals surface area (Å²) in [6, 6.07) is 6.26. The van der Waals surface area contributed by atoms with Crippen LogP contribution in [0.2, 0.25) is 0 Å². The molecule has 0 bridgehead atoms. The van der Waals surface area contributed by atoms with Crippen LogP contribution in [0.1, 0.15) is 63.0 Å². The summed E-state index contributed by atoms with van der Waals surface area (Å²) in [7, 11) is 1.71. The molecule has 0 amide bonds. The fourth-order valence-electron chi connectivity index (χ4n) is 5.87. The molecule has 4 heteroatoms. The molecule has 28 heavy (non-hydrogen) atoms. The van der Waals surface area contributed by atoms with Crippen molar-refractivity contribution in [1.29, 1.82) is 0 Å². The lowest BCUT2D eigenvalue weighted by Gasteiger charge is -2.44. The van der Waals surface area contributed by atoms with E-state index < -0.39 is 5.41 Å². The number of Topliss-reactive ketones (excluding diaryl/α,β-unsaturated/α-hetero) is 1. The van der Waals surface area contributed by atoms with Crippen molar-refractivity contribution in [2.45, 2.75) is 64.3 Å². The Kier molecular flexibility index (Phi) is 4.97. The van der Waals surface area contributed by atoms with Crippen LogP contribution in [0.5, 0.6) is 5.75 Å². The van der Waals surface area contributed by atoms with Gasteiger partial charge in [0.15, 0.2) is 5.78 Å². The van der Waals surface area contributed by atoms with Gasteiger partial charge in [0.05, 0.1) is 17.7 Å². The maximum atomic E-state index is 13.8. The lowest BCUT2D eigenvalue weighted by Crippen LogP contribution is -2.49. The second-order valence-electron chi connectivity index (χ2n) is 8.96. The van der Waals surface area contributed by atoms with Gasteiger partial charge in [-0.1, -0.05) is 42.2 Å². The summed E-state index contributed by atoms with van der Waals surface area (Å²) in [5.41, 5.74) is 3.01. The lowest BCUT2D eigenvalue weighted by molar-refractivity contribution is -0.127. The number of hydrogen-bond acceptors (Lipinski definition) is 4. The topological polar surface area (TPSA) is 38.7 Å². The molecule has 0 radical (unpaired) electrons. The number of benzene rings is 1. The number of fused-ring (bicyclic) bond motifs is 2. The number of rotatable bonds is 2. The first-order valence-corrected chi connectivity index (χ1v) is 11.6. The molecule has 1 aromatic rings. The van der Waals surface area contributed by atoms with E-state index in [1.54, 1.807) is 18.9 Å². The van der Waals surface area contributed by atoms with Crippen molar-refractivity contribution in [2.24, 2.45) is 16.3 Å². The number of carbonyl (C=O) groups is 1. The molecule has 3 aliphatic rings. The summed E-state index contributed by atoms with van der Waals surface area (Å²) in [5.74, 6) is 1.61. The van der Waals surface area contributed by atoms with E-state index in [0.29, 0.717) is 18.1 Å². The molecule has 1 fully saturated rings. The van der Waals surface area contributed by atoms with Gasteiger partial charge in [-0.2, -0.15) is 0 Å². The summed E-state index contributed by atoms with van der Waals surface area (Å²) in [6.07, 6.45) is 9.52. The number of ether oxygens (including phenoxy) is 1. The van der Waals surface area contributed by atoms with Crippen LogP contribution in [0.15, 0.2) is 34.8 Å². The molecule has 1 spiro atoms. The smallest absolute Gasteiger partial charge is 0.150 e. The lowest BCUT2D eigenvalue weighted by atomic mass is 9.58. The number of methoxy groups -OCH3 is 1. The molecule has 4 rings (SSSR count). The maximum absolute atomic E-state index is 13.8. The molecule has 1 aromatic carbocycles. The van der Waals surface area contributed by atoms with Crippen LogP contribution in [0, 0.1) is 18.3 Å². The van der Waals surface area contributed by atoms with Crippen molar-refractivity contribution in [3.63, 3.8) is 0 Å². The fourth-order valence-corrected chi connectivity index (χ4v) is 6.82. The SMILES string of the molecule is COc1ccc(C)cc1C1CC(=O)C2(C=C1C)C(SC)=NC1(C)CCCCC12. The highest BCUT2D eigenvalue weighted by Gasteiger charge is 2.61. The monoisotopic (exact) mass is 397 g/mol. The molecule has 3 nitrogen and oxygen atoms in total. The minimum Gasteiger partial charge on any atom is -0.496 e. The van der Waals surface area contributed by atoms with Crippen LogP contribution in [0.4, 0.5) is 0 Å². The van der Waals surface area contributed by atoms with Gasteiger partial charge >= 0.3 is 0 Å². The highest BCUT2D eigenvalue weighted by atomic mass is 32.2. The minimum absolute atomic E-state index is 0.0864. The van der Waals surface area contributed by atoms with Crippen LogP contribution in [-0.4, -0.2) is 29.7 Å². The van der Waals surface area contributed by atoms with Gasteiger partial charge in [0.2, 0.25) is 0 Å². The van der Waals surface area contributed by atoms with E-state index in [1.807, 2.05) is 6.07 Å². The average molecular weight is 398 g/mol. The first-order valence-electron chi connectivity index (χ1n) is 10.4. The van der Waals surface area contributed by atoms with E-state index in [2.05, 4.69) is 45.2 Å². The van der Waals surface area contributed by atoms with Crippen molar-refractivity contribution in [1.82, 2.24) is 0 Å². The third-order valence-electron chi connectivity index (χ3n) is 7.25. The molecule has 0 N–H and O–H groups in total. The number of aliphatic imine (C=N–C) groups is 1. The Balaban J connectivity index is 1.82. The van der Waals surface area contributed by atoms with Gasteiger partial charge in [-0.05, 0) is 45.9 Å². The summed E-state index contributed by atoms with van der Waals surface area (Å²) in [6.45, 7) is 6.56. The second kappa shape index (κ2) is 7.05. The molecule has 0 saturated heterocycles. The van der Waals surface area contributed by atoms with Crippen molar-refractivity contribution < 1.29 is 9.53 Å². The normalized spacial score (nSPS) is 34.8. The summed E-state index contributed by atoms with van der Waals surface area (Å²) in [5, 5.41) is 1.04. The highest BCUT2D eigenvalue weighted by molar-refractivity contribution is 8.13. The summed E-state index contributed by atoms with van der Waals surface area (Å²) < 4.78 is 5.63. The number of hydrogen-bond donors (Lipinski definition) is 0. The van der Waals surface area contributed by atoms with E-state index in [4.69, 9.17) is 9.73 Å². The standard InChI is InChI=1S/C24H31NO2S/c1-15-9-10-19(27-4)18(12-15)17-13-21(26)24(14-16(17)2)20-8-6-7-11-23(20,3)25-22(24)28-5/h9-10,12,14,17,20H,6-8,11,13H2,1-5H3. The first-order chi connectivity index (χ1) is 13.4. The number of allylic oxidation sites excluding steroid dienone is 2. The van der Waals surface area contributed by atoms with Crippen molar-refractivity contribution in [3.05, 3.63) is 41.0 Å². The van der Waals surface area contributed by atoms with Gasteiger partial charge < -0.3 is 4.74 Å². The Bertz CT molecular complexity index is 873. The summed E-state index contributed by atoms with van der Waals surface area (Å²) in [4.78, 5) is 19.0. The zero-order chi connectivity index (χ0) is 20.1. The first kappa shape index (κ1) is 19.8. The number of ketones is 1. The molecule has 1 heterocycles. The zero-order valence-corrected chi connectivity index (χ0v) is 18.5. The zero-order valence-electron chi connectivity index (χ0n) is 17.7. The predicted octanol–water partition coefficient (Wildman–Crippen LogP) is 5.72. The molecule has 150 valence electrons. The Labute approximate surface area is 173 Å². The molecular weight excluding hydrogens is 366 g/mol. The number of thioether (sulfide) groups is 1. The maximum Gasteiger partial charge on any atom is 0.150 e. The van der Waals surface area contributed by atoms with Gasteiger partial charge in [0.1, 0.15) is 11.2 Å². The van der Waals surface area contributed by atoms with Crippen LogP contribution >= 0.6 is 11.8 Å². The average Bonchev–Trinajstić information content (AvgIpc) is 2.93. The molecule has 4 atom stereocenters. The van der Waals surface area contributed by atoms with E-state index in [1.165, 1.54) is 24.0 Å². The van der Waals surface area contributed by atoms with Crippen molar-refractivity contribution >= 4 is 22.6 Å². The van der Waals surface area contributed by atoms with Crippen LogP contribution in [-0.2, 0) is 4.79 Å². The number of nitrogens with zero attached hydrogens (tertiary/aromatic N) is 1. The Hall–Kier alpha value is -1.55. The summed E-state index contributed by atoms with van der Waals surface area (Å²) >= 11 is 1.68. The van der Waals surface area contributed by atoms with Crippen LogP contribution in [0.3, 0.4) is 0 Å². The van der Waals surface area contributed by atoms with E-state index in [0.717, 1.165) is 29.2 Å². The third kappa shape index (κ3) is 2.79. The fraction of sp³-hybridized carbons (Fsp3) is 0.583. The van der Waals surface area contributed by atoms with Gasteiger partial charge in [0.25, 0.3) is 0 Å². The molecule has 2 aliphatic carbocycles. The molecule has 0 aromatic heterocycles. The molecular formula is C24H31NO2S. The van der Waals surface area contributed by atoms with Crippen LogP contribution < -0.4 is 4.74 Å². The third-order valence-corrected chi connectivity index (χ3v) is 8.06. The molecule has 1 aliphatic heterocycles. The van der Waals surface area contributed by atoms with Crippen molar-refractivity contribution in [3.8, 4) is 5.75 Å². The quantitative estimate of drug-likeness (QED) is 0.599. The largest absolute Gasteiger partial charge is 0.496 e. The van der Waals surface area contributed by atoms with Crippen LogP contribution in [0.25, 0.3) is 0 Å². The predicted molar refractivity (Wildman–Crippen MR) is 118 cm³/mol. The van der Waals surface area contributed by atoms with E-state index in [-0.39, 0.29) is 11.5 Å². The second-order valence-corrected chi connectivity index (χ2v) is 9.75. The molecule has 4 unspecified atom stereocenters. The molecule has 1 saturated carbocycles. The Morgan fingerprint density at radius 3 is 2.75 bits per heavy atom. The van der Waals surface area contributed by atoms with Gasteiger partial charge in [-0.25, -0.2) is 0 Å². The Morgan fingerprint density at radius 1 is 1.25 bits per heavy atom. The number of aryl methyl sites for hydroxylation is 1. The van der Waals surface area contributed by atoms with Gasteiger partial charge in [-0.15, -0.1) is 11.8 Å².